The largest absolute Gasteiger partial charge is 0.380 e. The highest BCUT2D eigenvalue weighted by molar-refractivity contribution is 5.86. The lowest BCUT2D eigenvalue weighted by atomic mass is 9.77. The van der Waals surface area contributed by atoms with E-state index in [-0.39, 0.29) is 11.3 Å². The van der Waals surface area contributed by atoms with Crippen LogP contribution in [0.1, 0.15) is 33.6 Å². The molecule has 2 heteroatoms. The van der Waals surface area contributed by atoms with Crippen LogP contribution in [0.25, 0.3) is 0 Å². The highest BCUT2D eigenvalue weighted by atomic mass is 16.5. The highest BCUT2D eigenvalue weighted by Gasteiger charge is 2.36. The predicted octanol–water partition coefficient (Wildman–Crippen LogP) is 2.03. The molecule has 0 aromatic rings. The number of hydrogen-bond donors (Lipinski definition) is 0. The van der Waals surface area contributed by atoms with Gasteiger partial charge < -0.3 is 4.74 Å². The van der Waals surface area contributed by atoms with E-state index in [9.17, 15) is 4.79 Å². The summed E-state index contributed by atoms with van der Waals surface area (Å²) >= 11 is 0. The number of carbonyl (C=O) groups is 1. The Hall–Kier alpha value is -0.370. The molecular weight excluding hydrogens is 152 g/mol. The van der Waals surface area contributed by atoms with Gasteiger partial charge in [-0.05, 0) is 12.8 Å². The summed E-state index contributed by atoms with van der Waals surface area (Å²) in [6.07, 6.45) is 2.01. The van der Waals surface area contributed by atoms with Crippen molar-refractivity contribution >= 4 is 5.78 Å². The van der Waals surface area contributed by atoms with Crippen LogP contribution in [-0.2, 0) is 9.53 Å². The molecule has 0 radical (unpaired) electrons. The molecule has 2 nitrogen and oxygen atoms in total. The van der Waals surface area contributed by atoms with E-state index >= 15 is 0 Å². The average molecular weight is 170 g/mol. The van der Waals surface area contributed by atoms with Crippen molar-refractivity contribution in [2.75, 3.05) is 13.2 Å². The van der Waals surface area contributed by atoms with Crippen LogP contribution in [0, 0.1) is 11.3 Å². The molecule has 1 aliphatic heterocycles. The quantitative estimate of drug-likeness (QED) is 0.634. The summed E-state index contributed by atoms with van der Waals surface area (Å²) in [6.45, 7) is 7.38. The Morgan fingerprint density at radius 2 is 2.17 bits per heavy atom. The van der Waals surface area contributed by atoms with E-state index in [0.29, 0.717) is 12.4 Å². The zero-order valence-corrected chi connectivity index (χ0v) is 8.22. The minimum atomic E-state index is -0.202. The lowest BCUT2D eigenvalue weighted by Gasteiger charge is -2.33. The molecule has 1 unspecified atom stereocenters. The van der Waals surface area contributed by atoms with Crippen LogP contribution in [0.15, 0.2) is 0 Å². The van der Waals surface area contributed by atoms with Crippen molar-refractivity contribution in [2.45, 2.75) is 33.6 Å². The molecule has 0 spiro atoms. The van der Waals surface area contributed by atoms with Gasteiger partial charge in [0.15, 0.2) is 0 Å². The van der Waals surface area contributed by atoms with E-state index in [1.165, 1.54) is 0 Å². The van der Waals surface area contributed by atoms with Crippen LogP contribution in [0.5, 0.6) is 0 Å². The first kappa shape index (κ1) is 9.72. The Morgan fingerprint density at radius 1 is 1.50 bits per heavy atom. The van der Waals surface area contributed by atoms with Gasteiger partial charge in [0, 0.05) is 17.9 Å². The number of Topliss-reactive ketones (excluding diaryl/α,β-unsaturated/α-hetero) is 1. The summed E-state index contributed by atoms with van der Waals surface area (Å²) in [6, 6.07) is 0. The van der Waals surface area contributed by atoms with Crippen LogP contribution in [-0.4, -0.2) is 19.0 Å². The molecule has 0 bridgehead atoms. The predicted molar refractivity (Wildman–Crippen MR) is 48.0 cm³/mol. The zero-order chi connectivity index (χ0) is 9.19. The maximum absolute atomic E-state index is 11.7. The Labute approximate surface area is 74.3 Å². The summed E-state index contributed by atoms with van der Waals surface area (Å²) in [5.41, 5.74) is -0.202. The zero-order valence-electron chi connectivity index (χ0n) is 8.22. The fourth-order valence-corrected chi connectivity index (χ4v) is 1.83. The standard InChI is InChI=1S/C10H18O2/c1-8(2)9(11)10(3)5-4-6-12-7-10/h8H,4-7H2,1-3H3. The molecule has 1 rings (SSSR count). The van der Waals surface area contributed by atoms with Crippen molar-refractivity contribution in [3.8, 4) is 0 Å². The van der Waals surface area contributed by atoms with Crippen LogP contribution in [0.2, 0.25) is 0 Å². The summed E-state index contributed by atoms with van der Waals surface area (Å²) in [5.74, 6) is 0.485. The van der Waals surface area contributed by atoms with Gasteiger partial charge in [-0.3, -0.25) is 4.79 Å². The third-order valence-corrected chi connectivity index (χ3v) is 2.56. The van der Waals surface area contributed by atoms with E-state index in [1.807, 2.05) is 20.8 Å². The Kier molecular flexibility index (Phi) is 2.89. The molecule has 1 heterocycles. The lowest BCUT2D eigenvalue weighted by Crippen LogP contribution is -2.39. The van der Waals surface area contributed by atoms with Gasteiger partial charge in [-0.1, -0.05) is 20.8 Å². The number of hydrogen-bond acceptors (Lipinski definition) is 2. The van der Waals surface area contributed by atoms with Crippen molar-refractivity contribution in [1.82, 2.24) is 0 Å². The Bertz CT molecular complexity index is 167. The van der Waals surface area contributed by atoms with E-state index in [4.69, 9.17) is 4.74 Å². The van der Waals surface area contributed by atoms with Crippen molar-refractivity contribution in [3.63, 3.8) is 0 Å². The maximum atomic E-state index is 11.7. The molecule has 0 aromatic heterocycles. The topological polar surface area (TPSA) is 26.3 Å². The molecule has 0 aromatic carbocycles. The lowest BCUT2D eigenvalue weighted by molar-refractivity contribution is -0.138. The smallest absolute Gasteiger partial charge is 0.143 e. The highest BCUT2D eigenvalue weighted by Crippen LogP contribution is 2.31. The van der Waals surface area contributed by atoms with Gasteiger partial charge in [0.2, 0.25) is 0 Å². The summed E-state index contributed by atoms with van der Waals surface area (Å²) in [7, 11) is 0. The van der Waals surface area contributed by atoms with Crippen molar-refractivity contribution in [3.05, 3.63) is 0 Å². The summed E-state index contributed by atoms with van der Waals surface area (Å²) < 4.78 is 5.34. The second kappa shape index (κ2) is 3.56. The molecule has 70 valence electrons. The third kappa shape index (κ3) is 1.86. The van der Waals surface area contributed by atoms with Gasteiger partial charge in [0.05, 0.1) is 6.61 Å². The molecule has 0 saturated carbocycles. The van der Waals surface area contributed by atoms with Crippen molar-refractivity contribution < 1.29 is 9.53 Å². The van der Waals surface area contributed by atoms with Gasteiger partial charge in [-0.25, -0.2) is 0 Å². The first-order valence-corrected chi connectivity index (χ1v) is 4.68. The Morgan fingerprint density at radius 3 is 2.58 bits per heavy atom. The molecule has 1 fully saturated rings. The summed E-state index contributed by atoms with van der Waals surface area (Å²) in [4.78, 5) is 11.7. The normalized spacial score (nSPS) is 30.7. The first-order valence-electron chi connectivity index (χ1n) is 4.68. The maximum Gasteiger partial charge on any atom is 0.143 e. The number of ether oxygens (including phenoxy) is 1. The molecule has 0 N–H and O–H groups in total. The molecule has 1 aliphatic rings. The number of rotatable bonds is 2. The third-order valence-electron chi connectivity index (χ3n) is 2.56. The van der Waals surface area contributed by atoms with Gasteiger partial charge in [0.1, 0.15) is 5.78 Å². The SMILES string of the molecule is CC(C)C(=O)C1(C)CCCOC1. The Balaban J connectivity index is 2.62. The summed E-state index contributed by atoms with van der Waals surface area (Å²) in [5, 5.41) is 0. The van der Waals surface area contributed by atoms with Crippen LogP contribution >= 0.6 is 0 Å². The number of carbonyl (C=O) groups excluding carboxylic acids is 1. The first-order chi connectivity index (χ1) is 5.56. The average Bonchev–Trinajstić information content (AvgIpc) is 2.04. The van der Waals surface area contributed by atoms with E-state index in [0.717, 1.165) is 19.4 Å². The second-order valence-corrected chi connectivity index (χ2v) is 4.24. The minimum absolute atomic E-state index is 0.136. The monoisotopic (exact) mass is 170 g/mol. The fraction of sp³-hybridized carbons (Fsp3) is 0.900. The molecule has 1 saturated heterocycles. The molecule has 0 aliphatic carbocycles. The van der Waals surface area contributed by atoms with Crippen molar-refractivity contribution in [2.24, 2.45) is 11.3 Å². The fourth-order valence-electron chi connectivity index (χ4n) is 1.83. The molecule has 0 amide bonds. The van der Waals surface area contributed by atoms with Gasteiger partial charge >= 0.3 is 0 Å². The van der Waals surface area contributed by atoms with Gasteiger partial charge in [0.25, 0.3) is 0 Å². The molecule has 1 atom stereocenters. The van der Waals surface area contributed by atoms with Crippen LogP contribution in [0.4, 0.5) is 0 Å². The van der Waals surface area contributed by atoms with Gasteiger partial charge in [-0.15, -0.1) is 0 Å². The van der Waals surface area contributed by atoms with Crippen LogP contribution in [0.3, 0.4) is 0 Å². The minimum Gasteiger partial charge on any atom is -0.380 e. The van der Waals surface area contributed by atoms with E-state index in [1.54, 1.807) is 0 Å². The molecule has 12 heavy (non-hydrogen) atoms. The second-order valence-electron chi connectivity index (χ2n) is 4.24. The number of ketones is 1. The van der Waals surface area contributed by atoms with E-state index < -0.39 is 0 Å². The molecular formula is C10H18O2. The van der Waals surface area contributed by atoms with Crippen LogP contribution < -0.4 is 0 Å². The van der Waals surface area contributed by atoms with Gasteiger partial charge in [-0.2, -0.15) is 0 Å². The van der Waals surface area contributed by atoms with E-state index in [2.05, 4.69) is 0 Å². The van der Waals surface area contributed by atoms with Crippen molar-refractivity contribution in [1.29, 1.82) is 0 Å².